The molecular weight excluding hydrogens is 1720 g/mol. The van der Waals surface area contributed by atoms with Crippen LogP contribution >= 0.6 is 21.6 Å². The molecule has 5 rings (SSSR count). The maximum Gasteiger partial charge on any atom is 0.326 e. The zero-order chi connectivity index (χ0) is 95.4. The third-order valence-electron chi connectivity index (χ3n) is 20.2. The standard InChI is InChI=1S/C83H120N24O20S2/c1-6-44(3)66-78(124)102-59(39-65(112)113)74(120)98-55(28-17-31-92-82(87)88)71(117)107-67(45(4)7-2)79(125)105-62(77(123)101-58(36-48-21-12-9-13-22-48)73(119)99-56(80(126)127)29-18-32-93-83(89)90)43-129-128-42-61(104-75(121)60(41-109)103-69(115)53(84)40-108)76(122)94-46(5)68(114)100-57(35-47-19-10-8-11-20-47)72(118)96-52-26-15-24-50(34-52)37-63(110)95-51-25-14-23-49(33-51)38-64(111)97-54(70(116)106-66)27-16-30-91-81(85)86/h8-15,19-26,33-34,44-46,53-62,66-67,108-109H,6-7,16-18,27-32,35-43,84H2,1-5H3,(H,94,122)(H,95,110)(H,96,118)(H,97,111)(H,98,120)(H,99,119)(H,100,114)(H,101,123)(H,102,124)(H,103,115)(H,104,121)(H,105,125)(H,106,116)(H,107,117)(H,112,113)(H,126,127)(H4,85,86,91)(H4,87,88,92)(H4,89,90,93)/t44-,45-,46-,53-,54+,55-,56+,57+,58+,59+,60-,61+,62+,66-,67+/m0/s1. The maximum absolute atomic E-state index is 15.3. The first-order chi connectivity index (χ1) is 61.3. The molecule has 0 saturated carbocycles. The Bertz CT molecular complexity index is 4580. The van der Waals surface area contributed by atoms with Crippen molar-refractivity contribution in [3.63, 3.8) is 0 Å². The normalized spacial score (nSPS) is 20.9. The van der Waals surface area contributed by atoms with Gasteiger partial charge in [-0.15, -0.1) is 0 Å². The average molecular weight is 1840 g/mol. The smallest absolute Gasteiger partial charge is 0.326 e. The number of aliphatic imine (C=N–C) groups is 3. The summed E-state index contributed by atoms with van der Waals surface area (Å²) >= 11 is 0. The summed E-state index contributed by atoms with van der Waals surface area (Å²) in [4.78, 5) is 240. The van der Waals surface area contributed by atoms with E-state index in [-0.39, 0.29) is 126 Å². The van der Waals surface area contributed by atoms with Crippen molar-refractivity contribution in [1.29, 1.82) is 0 Å². The van der Waals surface area contributed by atoms with Gasteiger partial charge in [-0.2, -0.15) is 0 Å². The first-order valence-electron chi connectivity index (χ1n) is 41.6. The summed E-state index contributed by atoms with van der Waals surface area (Å²) in [6, 6.07) is 7.47. The molecule has 32 N–H and O–H groups in total. The number of fused-ring (bicyclic) bond motifs is 4. The van der Waals surface area contributed by atoms with E-state index in [0.717, 1.165) is 21.6 Å². The molecule has 1 heterocycles. The van der Waals surface area contributed by atoms with Crippen LogP contribution in [0.4, 0.5) is 11.4 Å². The summed E-state index contributed by atoms with van der Waals surface area (Å²) in [5.74, 6) is -20.7. The van der Waals surface area contributed by atoms with E-state index in [4.69, 9.17) is 40.1 Å². The summed E-state index contributed by atoms with van der Waals surface area (Å²) in [6.45, 7) is 5.45. The Morgan fingerprint density at radius 1 is 0.481 bits per heavy atom. The molecule has 0 unspecified atom stereocenters. The molecule has 46 heteroatoms. The number of hydrogen-bond donors (Lipinski definition) is 25. The summed E-state index contributed by atoms with van der Waals surface area (Å²) < 4.78 is 0. The number of benzene rings is 4. The molecule has 1 aliphatic heterocycles. The molecule has 15 atom stereocenters. The number of nitrogens with zero attached hydrogens (tertiary/aromatic N) is 3. The van der Waals surface area contributed by atoms with E-state index < -0.39 is 216 Å². The first-order valence-corrected chi connectivity index (χ1v) is 44.1. The summed E-state index contributed by atoms with van der Waals surface area (Å²) in [7, 11) is 1.50. The third kappa shape index (κ3) is 38.5. The van der Waals surface area contributed by atoms with Crippen molar-refractivity contribution in [2.75, 3.05) is 55.0 Å². The van der Waals surface area contributed by atoms with E-state index in [1.165, 1.54) is 32.0 Å². The number of hydrogen-bond acceptors (Lipinski definition) is 24. The van der Waals surface area contributed by atoms with Gasteiger partial charge < -0.3 is 135 Å². The molecule has 0 spiro atoms. The molecule has 704 valence electrons. The van der Waals surface area contributed by atoms with Crippen molar-refractivity contribution < 1.29 is 97.1 Å². The molecule has 0 aromatic heterocycles. The molecule has 0 fully saturated rings. The number of carboxylic acids is 2. The second-order valence-electron chi connectivity index (χ2n) is 30.6. The number of rotatable bonds is 33. The van der Waals surface area contributed by atoms with Crippen LogP contribution in [0.25, 0.3) is 0 Å². The molecule has 4 aromatic rings. The van der Waals surface area contributed by atoms with Crippen LogP contribution in [0, 0.1) is 11.8 Å². The number of carboxylic acid groups (broad SMARTS) is 2. The van der Waals surface area contributed by atoms with Crippen LogP contribution in [0.15, 0.2) is 124 Å². The number of anilines is 2. The fourth-order valence-electron chi connectivity index (χ4n) is 12.7. The van der Waals surface area contributed by atoms with Gasteiger partial charge in [-0.05, 0) is 104 Å². The molecule has 4 bridgehead atoms. The lowest BCUT2D eigenvalue weighted by atomic mass is 9.96. The second kappa shape index (κ2) is 55.4. The molecule has 44 nitrogen and oxygen atoms in total. The zero-order valence-corrected chi connectivity index (χ0v) is 73.8. The maximum atomic E-state index is 15.3. The van der Waals surface area contributed by atoms with Crippen LogP contribution in [-0.4, -0.2) is 256 Å². The molecule has 1 aliphatic rings. The minimum Gasteiger partial charge on any atom is -0.481 e. The van der Waals surface area contributed by atoms with Gasteiger partial charge in [0.15, 0.2) is 17.9 Å². The number of carbonyl (C=O) groups excluding carboxylic acids is 14. The zero-order valence-electron chi connectivity index (χ0n) is 72.2. The van der Waals surface area contributed by atoms with Crippen molar-refractivity contribution in [1.82, 2.24) is 63.8 Å². The van der Waals surface area contributed by atoms with Crippen molar-refractivity contribution in [2.24, 2.45) is 66.9 Å². The third-order valence-corrected chi connectivity index (χ3v) is 22.6. The average Bonchev–Trinajstić information content (AvgIpc) is 0.919. The van der Waals surface area contributed by atoms with E-state index in [9.17, 15) is 82.8 Å². The Balaban J connectivity index is 1.69. The molecule has 4 aromatic carbocycles. The Labute approximate surface area is 752 Å². The Kier molecular flexibility index (Phi) is 45.7. The summed E-state index contributed by atoms with van der Waals surface area (Å²) in [5.41, 5.74) is 41.3. The first kappa shape index (κ1) is 106. The molecule has 0 saturated heterocycles. The number of carbonyl (C=O) groups is 16. The van der Waals surface area contributed by atoms with E-state index in [0.29, 0.717) is 22.3 Å². The van der Waals surface area contributed by atoms with Gasteiger partial charge in [-0.25, -0.2) is 4.79 Å². The highest BCUT2D eigenvalue weighted by Gasteiger charge is 2.39. The SMILES string of the molecule is CC[C@H](C)[C@@H]1NC(=O)[C@@H](CCCN=C(N)N)NC(=O)Cc2cccc(c2)NC(=O)Cc2cccc(c2)NC(=O)[C@@H](Cc2ccccc2)NC(=O)[C@H](C)NC(=O)[C@H](NC(=O)[C@H](CO)NC(=O)[C@@H](N)CO)CSSC[C@H](C(=O)N[C@H](Cc2ccccc2)C(=O)N[C@H](CCCN=C(N)N)C(=O)O)NC(=O)[C@@H]([C@@H](C)CC)NC(=O)[C@H](CCCN=C(N)N)NC(=O)[C@@H](CC(=O)O)NC1=O. The van der Waals surface area contributed by atoms with Crippen molar-refractivity contribution in [2.45, 2.75) is 197 Å². The lowest BCUT2D eigenvalue weighted by Crippen LogP contribution is -2.62. The quantitative estimate of drug-likeness (QED) is 0.00921. The lowest BCUT2D eigenvalue weighted by Gasteiger charge is -2.30. The number of aliphatic hydroxyl groups is 2. The summed E-state index contributed by atoms with van der Waals surface area (Å²) in [5, 5.41) is 76.6. The summed E-state index contributed by atoms with van der Waals surface area (Å²) in [6.07, 6.45) is -2.52. The number of amides is 14. The Morgan fingerprint density at radius 2 is 0.969 bits per heavy atom. The fraction of sp³-hybridized carbons (Fsp3) is 0.482. The number of nitrogens with two attached hydrogens (primary N) is 7. The largest absolute Gasteiger partial charge is 0.481 e. The topological polar surface area (TPSA) is 742 Å². The van der Waals surface area contributed by atoms with E-state index in [1.807, 2.05) is 0 Å². The number of aliphatic carboxylic acids is 2. The number of nitrogens with one attached hydrogen (secondary N) is 14. The van der Waals surface area contributed by atoms with E-state index >= 15 is 14.4 Å². The molecule has 0 aliphatic carbocycles. The van der Waals surface area contributed by atoms with E-state index in [1.54, 1.807) is 112 Å². The number of aliphatic hydroxyl groups excluding tert-OH is 2. The molecule has 129 heavy (non-hydrogen) atoms. The van der Waals surface area contributed by atoms with Crippen LogP contribution in [0.5, 0.6) is 0 Å². The molecular formula is C83H120N24O20S2. The van der Waals surface area contributed by atoms with Crippen molar-refractivity contribution in [3.05, 3.63) is 131 Å². The van der Waals surface area contributed by atoms with E-state index in [2.05, 4.69) is 89.4 Å². The molecule has 14 amide bonds. The van der Waals surface area contributed by atoms with Crippen LogP contribution < -0.4 is 115 Å². The van der Waals surface area contributed by atoms with Crippen LogP contribution in [0.1, 0.15) is 115 Å². The molecule has 0 radical (unpaired) electrons. The monoisotopic (exact) mass is 1840 g/mol. The van der Waals surface area contributed by atoms with Crippen molar-refractivity contribution >= 4 is 145 Å². The predicted molar refractivity (Wildman–Crippen MR) is 482 cm³/mol. The fourth-order valence-corrected chi connectivity index (χ4v) is 15.1. The lowest BCUT2D eigenvalue weighted by molar-refractivity contribution is -0.142. The Hall–Kier alpha value is -13.2. The van der Waals surface area contributed by atoms with Gasteiger partial charge in [0.25, 0.3) is 0 Å². The minimum absolute atomic E-state index is 0.0116. The van der Waals surface area contributed by atoms with Gasteiger partial charge in [0, 0.05) is 55.4 Å². The minimum atomic E-state index is -2.02. The van der Waals surface area contributed by atoms with Gasteiger partial charge in [0.05, 0.1) is 32.5 Å². The van der Waals surface area contributed by atoms with Crippen LogP contribution in [0.2, 0.25) is 0 Å². The van der Waals surface area contributed by atoms with Gasteiger partial charge in [-0.1, -0.05) is 147 Å². The van der Waals surface area contributed by atoms with Gasteiger partial charge in [0.2, 0.25) is 82.7 Å². The highest BCUT2D eigenvalue weighted by Crippen LogP contribution is 2.25. The Morgan fingerprint density at radius 3 is 1.50 bits per heavy atom. The van der Waals surface area contributed by atoms with Gasteiger partial charge in [0.1, 0.15) is 78.5 Å². The second-order valence-corrected chi connectivity index (χ2v) is 33.1. The highest BCUT2D eigenvalue weighted by molar-refractivity contribution is 8.76. The van der Waals surface area contributed by atoms with Crippen molar-refractivity contribution in [3.8, 4) is 0 Å². The van der Waals surface area contributed by atoms with Gasteiger partial charge in [-0.3, -0.25) is 86.9 Å². The van der Waals surface area contributed by atoms with Gasteiger partial charge >= 0.3 is 11.9 Å². The predicted octanol–water partition coefficient (Wildman–Crippen LogP) is -4.81. The number of guanidine groups is 3. The highest BCUT2D eigenvalue weighted by atomic mass is 33.1. The van der Waals surface area contributed by atoms with Crippen LogP contribution in [0.3, 0.4) is 0 Å². The van der Waals surface area contributed by atoms with Crippen LogP contribution in [-0.2, 0) is 102 Å².